The SMILES string of the molecule is CC(C)(N)CNC(=O)c1cccc(NC(N)=O)c1.Cl. The van der Waals surface area contributed by atoms with Crippen molar-refractivity contribution in [3.05, 3.63) is 29.8 Å². The van der Waals surface area contributed by atoms with Crippen LogP contribution in [0, 0.1) is 0 Å². The Bertz CT molecular complexity index is 457. The monoisotopic (exact) mass is 286 g/mol. The molecule has 0 aliphatic carbocycles. The molecule has 0 heterocycles. The third kappa shape index (κ3) is 6.64. The Morgan fingerprint density at radius 2 is 1.95 bits per heavy atom. The normalized spacial score (nSPS) is 10.3. The van der Waals surface area contributed by atoms with Crippen LogP contribution < -0.4 is 22.1 Å². The molecule has 0 unspecified atom stereocenters. The van der Waals surface area contributed by atoms with Gasteiger partial charge in [0, 0.05) is 23.3 Å². The number of amides is 3. The van der Waals surface area contributed by atoms with Crippen molar-refractivity contribution in [2.24, 2.45) is 11.5 Å². The molecule has 0 fully saturated rings. The van der Waals surface area contributed by atoms with E-state index in [0.717, 1.165) is 0 Å². The second-order valence-corrected chi connectivity index (χ2v) is 4.74. The number of carbonyl (C=O) groups is 2. The first-order valence-corrected chi connectivity index (χ1v) is 5.51. The molecule has 106 valence electrons. The molecule has 19 heavy (non-hydrogen) atoms. The average Bonchev–Trinajstić information content (AvgIpc) is 2.24. The summed E-state index contributed by atoms with van der Waals surface area (Å²) in [7, 11) is 0. The summed E-state index contributed by atoms with van der Waals surface area (Å²) in [6, 6.07) is 5.83. The Kier molecular flexibility index (Phi) is 6.31. The molecule has 1 rings (SSSR count). The number of hydrogen-bond acceptors (Lipinski definition) is 3. The maximum Gasteiger partial charge on any atom is 0.316 e. The van der Waals surface area contributed by atoms with Gasteiger partial charge in [-0.3, -0.25) is 4.79 Å². The van der Waals surface area contributed by atoms with Gasteiger partial charge in [0.2, 0.25) is 0 Å². The molecule has 0 radical (unpaired) electrons. The van der Waals surface area contributed by atoms with Crippen molar-refractivity contribution in [3.63, 3.8) is 0 Å². The van der Waals surface area contributed by atoms with E-state index in [1.165, 1.54) is 0 Å². The van der Waals surface area contributed by atoms with E-state index in [0.29, 0.717) is 17.8 Å². The van der Waals surface area contributed by atoms with Gasteiger partial charge in [0.15, 0.2) is 0 Å². The van der Waals surface area contributed by atoms with Gasteiger partial charge in [-0.05, 0) is 32.0 Å². The standard InChI is InChI=1S/C12H18N4O2.ClH/c1-12(2,14)7-15-10(17)8-4-3-5-9(6-8)16-11(13)18;/h3-6H,7,14H2,1-2H3,(H,15,17)(H3,13,16,18);1H. The second-order valence-electron chi connectivity index (χ2n) is 4.74. The van der Waals surface area contributed by atoms with Gasteiger partial charge in [0.25, 0.3) is 5.91 Å². The summed E-state index contributed by atoms with van der Waals surface area (Å²) in [4.78, 5) is 22.5. The molecule has 1 aromatic carbocycles. The zero-order valence-corrected chi connectivity index (χ0v) is 11.7. The fraction of sp³-hybridized carbons (Fsp3) is 0.333. The lowest BCUT2D eigenvalue weighted by Gasteiger charge is -2.19. The Morgan fingerprint density at radius 1 is 1.32 bits per heavy atom. The van der Waals surface area contributed by atoms with Crippen LogP contribution in [0.15, 0.2) is 24.3 Å². The molecule has 0 saturated carbocycles. The highest BCUT2D eigenvalue weighted by Gasteiger charge is 2.13. The number of rotatable bonds is 4. The van der Waals surface area contributed by atoms with Crippen LogP contribution in [0.4, 0.5) is 10.5 Å². The third-order valence-electron chi connectivity index (χ3n) is 2.10. The maximum atomic E-state index is 11.8. The summed E-state index contributed by atoms with van der Waals surface area (Å²) >= 11 is 0. The number of nitrogens with one attached hydrogen (secondary N) is 2. The molecule has 0 bridgehead atoms. The van der Waals surface area contributed by atoms with Crippen molar-refractivity contribution in [1.29, 1.82) is 0 Å². The number of halogens is 1. The van der Waals surface area contributed by atoms with Crippen molar-refractivity contribution in [3.8, 4) is 0 Å². The van der Waals surface area contributed by atoms with Crippen LogP contribution in [-0.2, 0) is 0 Å². The highest BCUT2D eigenvalue weighted by molar-refractivity contribution is 5.96. The van der Waals surface area contributed by atoms with E-state index in [9.17, 15) is 9.59 Å². The van der Waals surface area contributed by atoms with Crippen molar-refractivity contribution < 1.29 is 9.59 Å². The zero-order chi connectivity index (χ0) is 13.8. The van der Waals surface area contributed by atoms with Gasteiger partial charge < -0.3 is 22.1 Å². The predicted molar refractivity (Wildman–Crippen MR) is 77.5 cm³/mol. The van der Waals surface area contributed by atoms with Gasteiger partial charge in [-0.15, -0.1) is 12.4 Å². The molecule has 0 spiro atoms. The van der Waals surface area contributed by atoms with Gasteiger partial charge in [0.1, 0.15) is 0 Å². The van der Waals surface area contributed by atoms with Crippen molar-refractivity contribution >= 4 is 30.0 Å². The number of primary amides is 1. The summed E-state index contributed by atoms with van der Waals surface area (Å²) in [5.41, 5.74) is 11.2. The van der Waals surface area contributed by atoms with Crippen molar-refractivity contribution in [2.45, 2.75) is 19.4 Å². The fourth-order valence-corrected chi connectivity index (χ4v) is 1.29. The topological polar surface area (TPSA) is 110 Å². The van der Waals surface area contributed by atoms with Gasteiger partial charge in [-0.25, -0.2) is 4.79 Å². The van der Waals surface area contributed by atoms with Crippen molar-refractivity contribution in [1.82, 2.24) is 5.32 Å². The summed E-state index contributed by atoms with van der Waals surface area (Å²) in [5.74, 6) is -0.248. The summed E-state index contributed by atoms with van der Waals surface area (Å²) in [6.45, 7) is 4.00. The Morgan fingerprint density at radius 3 is 2.47 bits per heavy atom. The lowest BCUT2D eigenvalue weighted by molar-refractivity contribution is 0.0946. The minimum atomic E-state index is -0.671. The summed E-state index contributed by atoms with van der Waals surface area (Å²) in [6.07, 6.45) is 0. The molecule has 6 N–H and O–H groups in total. The van der Waals surface area contributed by atoms with Crippen LogP contribution in [0.25, 0.3) is 0 Å². The molecule has 0 atom stereocenters. The van der Waals surface area contributed by atoms with Crippen LogP contribution >= 0.6 is 12.4 Å². The van der Waals surface area contributed by atoms with E-state index in [2.05, 4.69) is 10.6 Å². The molecule has 7 heteroatoms. The van der Waals surface area contributed by atoms with Crippen LogP contribution in [0.1, 0.15) is 24.2 Å². The highest BCUT2D eigenvalue weighted by Crippen LogP contribution is 2.10. The van der Waals surface area contributed by atoms with E-state index in [4.69, 9.17) is 11.5 Å². The molecule has 6 nitrogen and oxygen atoms in total. The molecular weight excluding hydrogens is 268 g/mol. The average molecular weight is 287 g/mol. The van der Waals surface area contributed by atoms with Crippen LogP contribution in [0.3, 0.4) is 0 Å². The quantitative estimate of drug-likeness (QED) is 0.664. The number of urea groups is 1. The Balaban J connectivity index is 0.00000324. The molecule has 3 amide bonds. The minimum Gasteiger partial charge on any atom is -0.351 e. The maximum absolute atomic E-state index is 11.8. The second kappa shape index (κ2) is 6.96. The third-order valence-corrected chi connectivity index (χ3v) is 2.10. The van der Waals surface area contributed by atoms with Gasteiger partial charge in [-0.1, -0.05) is 6.07 Å². The van der Waals surface area contributed by atoms with Gasteiger partial charge >= 0.3 is 6.03 Å². The van der Waals surface area contributed by atoms with Crippen LogP contribution in [0.5, 0.6) is 0 Å². The van der Waals surface area contributed by atoms with E-state index in [1.54, 1.807) is 24.3 Å². The first-order valence-electron chi connectivity index (χ1n) is 5.51. The first kappa shape index (κ1) is 17.2. The van der Waals surface area contributed by atoms with Crippen LogP contribution in [-0.4, -0.2) is 24.0 Å². The number of anilines is 1. The first-order chi connectivity index (χ1) is 8.28. The van der Waals surface area contributed by atoms with Gasteiger partial charge in [0.05, 0.1) is 0 Å². The largest absolute Gasteiger partial charge is 0.351 e. The van der Waals surface area contributed by atoms with E-state index in [1.807, 2.05) is 13.8 Å². The fourth-order valence-electron chi connectivity index (χ4n) is 1.29. The lowest BCUT2D eigenvalue weighted by atomic mass is 10.1. The predicted octanol–water partition coefficient (Wildman–Crippen LogP) is 1.07. The lowest BCUT2D eigenvalue weighted by Crippen LogP contribution is -2.45. The number of nitrogens with two attached hydrogens (primary N) is 2. The molecule has 0 saturated heterocycles. The minimum absolute atomic E-state index is 0. The van der Waals surface area contributed by atoms with E-state index >= 15 is 0 Å². The molecule has 0 aliphatic heterocycles. The summed E-state index contributed by atoms with van der Waals surface area (Å²) in [5, 5.41) is 5.12. The smallest absolute Gasteiger partial charge is 0.316 e. The molecule has 0 aromatic heterocycles. The van der Waals surface area contributed by atoms with Crippen molar-refractivity contribution in [2.75, 3.05) is 11.9 Å². The Hall–Kier alpha value is -1.79. The highest BCUT2D eigenvalue weighted by atomic mass is 35.5. The molecule has 0 aliphatic rings. The van der Waals surface area contributed by atoms with Gasteiger partial charge in [-0.2, -0.15) is 0 Å². The molecule has 1 aromatic rings. The van der Waals surface area contributed by atoms with E-state index < -0.39 is 11.6 Å². The number of benzene rings is 1. The molecular formula is C12H19ClN4O2. The number of hydrogen-bond donors (Lipinski definition) is 4. The zero-order valence-electron chi connectivity index (χ0n) is 10.9. The summed E-state index contributed by atoms with van der Waals surface area (Å²) < 4.78 is 0. The van der Waals surface area contributed by atoms with E-state index in [-0.39, 0.29) is 18.3 Å². The number of carbonyl (C=O) groups excluding carboxylic acids is 2. The Labute approximate surface area is 118 Å². The van der Waals surface area contributed by atoms with Crippen LogP contribution in [0.2, 0.25) is 0 Å².